The third-order valence-corrected chi connectivity index (χ3v) is 3.21. The van der Waals surface area contributed by atoms with Gasteiger partial charge < -0.3 is 5.73 Å². The van der Waals surface area contributed by atoms with E-state index in [4.69, 9.17) is 5.73 Å². The van der Waals surface area contributed by atoms with Gasteiger partial charge in [-0.25, -0.2) is 0 Å². The Labute approximate surface area is 99.0 Å². The average Bonchev–Trinajstić information content (AvgIpc) is 2.38. The van der Waals surface area contributed by atoms with E-state index in [0.717, 1.165) is 17.5 Å². The lowest BCUT2D eigenvalue weighted by Crippen LogP contribution is -2.17. The molecule has 0 unspecified atom stereocenters. The summed E-state index contributed by atoms with van der Waals surface area (Å²) in [6.07, 6.45) is 5.19. The quantitative estimate of drug-likeness (QED) is 0.806. The standard InChI is InChI=1S/C14H12N2O/c15-14(17)9-5-6-12-11-4-2-1-3-10(11)8-16-13(12)7-9/h1-4,7-8H,5-6H2,(H2,15,17). The maximum Gasteiger partial charge on any atom is 0.244 e. The molecule has 17 heavy (non-hydrogen) atoms. The van der Waals surface area contributed by atoms with Gasteiger partial charge in [-0.1, -0.05) is 24.3 Å². The smallest absolute Gasteiger partial charge is 0.244 e. The summed E-state index contributed by atoms with van der Waals surface area (Å²) in [5.41, 5.74) is 8.06. The number of hydrogen-bond donors (Lipinski definition) is 1. The van der Waals surface area contributed by atoms with Crippen LogP contribution in [0.2, 0.25) is 0 Å². The molecule has 0 bridgehead atoms. The molecule has 3 heteroatoms. The zero-order valence-corrected chi connectivity index (χ0v) is 9.31. The van der Waals surface area contributed by atoms with Crippen LogP contribution in [-0.2, 0) is 11.2 Å². The second-order valence-electron chi connectivity index (χ2n) is 4.24. The minimum atomic E-state index is -0.342. The Morgan fingerprint density at radius 2 is 2.06 bits per heavy atom. The molecule has 2 aromatic rings. The fourth-order valence-corrected chi connectivity index (χ4v) is 2.32. The number of pyridine rings is 1. The lowest BCUT2D eigenvalue weighted by Gasteiger charge is -2.15. The molecule has 1 amide bonds. The molecular weight excluding hydrogens is 212 g/mol. The number of carbonyl (C=O) groups is 1. The van der Waals surface area contributed by atoms with Crippen LogP contribution in [0.25, 0.3) is 16.8 Å². The van der Waals surface area contributed by atoms with Crippen molar-refractivity contribution in [2.45, 2.75) is 12.8 Å². The van der Waals surface area contributed by atoms with E-state index in [-0.39, 0.29) is 5.91 Å². The molecule has 0 atom stereocenters. The highest BCUT2D eigenvalue weighted by molar-refractivity contribution is 5.98. The predicted molar refractivity (Wildman–Crippen MR) is 67.2 cm³/mol. The highest BCUT2D eigenvalue weighted by Gasteiger charge is 2.16. The summed E-state index contributed by atoms with van der Waals surface area (Å²) < 4.78 is 0. The Hall–Kier alpha value is -2.16. The predicted octanol–water partition coefficient (Wildman–Crippen LogP) is 2.05. The number of primary amides is 1. The monoisotopic (exact) mass is 224 g/mol. The number of aromatic nitrogens is 1. The molecule has 0 aliphatic heterocycles. The van der Waals surface area contributed by atoms with Crippen LogP contribution >= 0.6 is 0 Å². The average molecular weight is 224 g/mol. The molecule has 0 saturated heterocycles. The van der Waals surface area contributed by atoms with Gasteiger partial charge in [0.25, 0.3) is 0 Å². The van der Waals surface area contributed by atoms with Crippen LogP contribution in [0.4, 0.5) is 0 Å². The molecule has 0 spiro atoms. The number of hydrogen-bond acceptors (Lipinski definition) is 2. The van der Waals surface area contributed by atoms with Gasteiger partial charge in [0, 0.05) is 17.2 Å². The number of nitrogens with two attached hydrogens (primary N) is 1. The number of aryl methyl sites for hydroxylation is 1. The van der Waals surface area contributed by atoms with Crippen LogP contribution in [0.1, 0.15) is 17.7 Å². The van der Waals surface area contributed by atoms with Crippen molar-refractivity contribution in [2.24, 2.45) is 5.73 Å². The van der Waals surface area contributed by atoms with Crippen LogP contribution in [0, 0.1) is 0 Å². The topological polar surface area (TPSA) is 56.0 Å². The molecule has 3 nitrogen and oxygen atoms in total. The van der Waals surface area contributed by atoms with E-state index in [0.29, 0.717) is 12.0 Å². The second-order valence-corrected chi connectivity index (χ2v) is 4.24. The van der Waals surface area contributed by atoms with Crippen LogP contribution in [0.15, 0.2) is 36.0 Å². The van der Waals surface area contributed by atoms with Gasteiger partial charge in [0.1, 0.15) is 0 Å². The normalized spacial score (nSPS) is 14.2. The zero-order chi connectivity index (χ0) is 11.8. The Balaban J connectivity index is 2.24. The molecule has 1 aromatic heterocycles. The number of benzene rings is 1. The van der Waals surface area contributed by atoms with E-state index in [2.05, 4.69) is 17.1 Å². The molecule has 3 rings (SSSR count). The molecule has 1 heterocycles. The van der Waals surface area contributed by atoms with E-state index in [9.17, 15) is 4.79 Å². The Kier molecular flexibility index (Phi) is 2.18. The van der Waals surface area contributed by atoms with Gasteiger partial charge in [0.05, 0.1) is 5.69 Å². The van der Waals surface area contributed by atoms with E-state index >= 15 is 0 Å². The fourth-order valence-electron chi connectivity index (χ4n) is 2.32. The first-order chi connectivity index (χ1) is 8.25. The first-order valence-corrected chi connectivity index (χ1v) is 5.63. The van der Waals surface area contributed by atoms with Crippen LogP contribution < -0.4 is 5.73 Å². The summed E-state index contributed by atoms with van der Waals surface area (Å²) in [5.74, 6) is -0.342. The highest BCUT2D eigenvalue weighted by Crippen LogP contribution is 2.28. The molecule has 0 fully saturated rings. The molecule has 1 aromatic carbocycles. The van der Waals surface area contributed by atoms with Gasteiger partial charge in [-0.3, -0.25) is 9.78 Å². The Bertz CT molecular complexity index is 644. The molecule has 2 N–H and O–H groups in total. The fraction of sp³-hybridized carbons (Fsp3) is 0.143. The molecule has 1 aliphatic rings. The van der Waals surface area contributed by atoms with Crippen molar-refractivity contribution < 1.29 is 4.79 Å². The lowest BCUT2D eigenvalue weighted by atomic mass is 9.92. The van der Waals surface area contributed by atoms with E-state index < -0.39 is 0 Å². The molecule has 1 aliphatic carbocycles. The van der Waals surface area contributed by atoms with Crippen molar-refractivity contribution in [2.75, 3.05) is 0 Å². The van der Waals surface area contributed by atoms with Crippen molar-refractivity contribution in [3.05, 3.63) is 47.3 Å². The summed E-state index contributed by atoms with van der Waals surface area (Å²) in [6, 6.07) is 8.18. The first-order valence-electron chi connectivity index (χ1n) is 5.63. The van der Waals surface area contributed by atoms with Crippen molar-refractivity contribution in [1.82, 2.24) is 4.98 Å². The van der Waals surface area contributed by atoms with Gasteiger partial charge in [-0.05, 0) is 29.9 Å². The van der Waals surface area contributed by atoms with Gasteiger partial charge >= 0.3 is 0 Å². The van der Waals surface area contributed by atoms with Gasteiger partial charge in [-0.15, -0.1) is 0 Å². The maximum atomic E-state index is 11.2. The molecule has 84 valence electrons. The first kappa shape index (κ1) is 10.0. The van der Waals surface area contributed by atoms with E-state index in [1.54, 1.807) is 0 Å². The summed E-state index contributed by atoms with van der Waals surface area (Å²) in [5, 5.41) is 2.36. The van der Waals surface area contributed by atoms with Crippen LogP contribution in [0.5, 0.6) is 0 Å². The summed E-state index contributed by atoms with van der Waals surface area (Å²) in [6.45, 7) is 0. The second kappa shape index (κ2) is 3.70. The maximum absolute atomic E-state index is 11.2. The third kappa shape index (κ3) is 1.60. The summed E-state index contributed by atoms with van der Waals surface area (Å²) in [4.78, 5) is 15.5. The number of fused-ring (bicyclic) bond motifs is 3. The van der Waals surface area contributed by atoms with Gasteiger partial charge in [-0.2, -0.15) is 0 Å². The summed E-state index contributed by atoms with van der Waals surface area (Å²) in [7, 11) is 0. The van der Waals surface area contributed by atoms with Crippen LogP contribution in [-0.4, -0.2) is 10.9 Å². The highest BCUT2D eigenvalue weighted by atomic mass is 16.1. The lowest BCUT2D eigenvalue weighted by molar-refractivity contribution is -0.114. The summed E-state index contributed by atoms with van der Waals surface area (Å²) >= 11 is 0. The van der Waals surface area contributed by atoms with E-state index in [1.165, 1.54) is 10.9 Å². The van der Waals surface area contributed by atoms with Crippen molar-refractivity contribution >= 4 is 22.8 Å². The molecular formula is C14H12N2O. The third-order valence-electron chi connectivity index (χ3n) is 3.21. The Morgan fingerprint density at radius 1 is 1.24 bits per heavy atom. The SMILES string of the molecule is NC(=O)C1=Cc2ncc3ccccc3c2CC1. The van der Waals surface area contributed by atoms with Crippen molar-refractivity contribution in [3.63, 3.8) is 0 Å². The zero-order valence-electron chi connectivity index (χ0n) is 9.31. The van der Waals surface area contributed by atoms with Crippen molar-refractivity contribution in [3.8, 4) is 0 Å². The number of nitrogens with zero attached hydrogens (tertiary/aromatic N) is 1. The molecule has 0 saturated carbocycles. The largest absolute Gasteiger partial charge is 0.366 e. The number of rotatable bonds is 1. The van der Waals surface area contributed by atoms with Crippen molar-refractivity contribution in [1.29, 1.82) is 0 Å². The minimum absolute atomic E-state index is 0.342. The number of carbonyl (C=O) groups excluding carboxylic acids is 1. The van der Waals surface area contributed by atoms with E-state index in [1.807, 2.05) is 24.4 Å². The minimum Gasteiger partial charge on any atom is -0.366 e. The van der Waals surface area contributed by atoms with Gasteiger partial charge in [0.2, 0.25) is 5.91 Å². The molecule has 0 radical (unpaired) electrons. The Morgan fingerprint density at radius 3 is 2.88 bits per heavy atom. The van der Waals surface area contributed by atoms with Gasteiger partial charge in [0.15, 0.2) is 0 Å². The number of amides is 1. The van der Waals surface area contributed by atoms with Crippen LogP contribution in [0.3, 0.4) is 0 Å².